The fraction of sp³-hybridized carbons (Fsp3) is 0.394. The van der Waals surface area contributed by atoms with E-state index in [4.69, 9.17) is 11.6 Å². The lowest BCUT2D eigenvalue weighted by Crippen LogP contribution is -2.53. The molecule has 0 radical (unpaired) electrons. The van der Waals surface area contributed by atoms with E-state index in [0.717, 1.165) is 41.8 Å². The molecule has 0 spiro atoms. The highest BCUT2D eigenvalue weighted by Gasteiger charge is 2.29. The van der Waals surface area contributed by atoms with E-state index in [9.17, 15) is 23.1 Å². The average Bonchev–Trinajstić information content (AvgIpc) is 3.00. The van der Waals surface area contributed by atoms with Gasteiger partial charge in [0.1, 0.15) is 0 Å². The Labute approximate surface area is 265 Å². The molecule has 4 N–H and O–H groups in total. The average molecular weight is 641 g/mol. The molecular formula is C33H41ClN4O5S. The summed E-state index contributed by atoms with van der Waals surface area (Å²) in [4.78, 5) is 26.6. The van der Waals surface area contributed by atoms with E-state index in [1.165, 1.54) is 18.6 Å². The second kappa shape index (κ2) is 15.5. The van der Waals surface area contributed by atoms with Crippen molar-refractivity contribution in [1.82, 2.24) is 16.0 Å². The van der Waals surface area contributed by atoms with Crippen molar-refractivity contribution in [3.8, 4) is 0 Å². The van der Waals surface area contributed by atoms with Gasteiger partial charge >= 0.3 is 0 Å². The van der Waals surface area contributed by atoms with Crippen LogP contribution in [0.15, 0.2) is 78.9 Å². The summed E-state index contributed by atoms with van der Waals surface area (Å²) in [7, 11) is -3.88. The number of anilines is 2. The summed E-state index contributed by atoms with van der Waals surface area (Å²) < 4.78 is 27.1. The van der Waals surface area contributed by atoms with Crippen LogP contribution in [-0.2, 0) is 21.2 Å². The molecule has 236 valence electrons. The maximum Gasteiger partial charge on any atom is 0.253 e. The van der Waals surface area contributed by atoms with Crippen LogP contribution in [-0.4, -0.2) is 62.4 Å². The van der Waals surface area contributed by atoms with E-state index in [2.05, 4.69) is 16.0 Å². The first-order chi connectivity index (χ1) is 21.0. The molecule has 0 heterocycles. The van der Waals surface area contributed by atoms with Crippen LogP contribution in [0, 0.1) is 0 Å². The summed E-state index contributed by atoms with van der Waals surface area (Å²) in [6, 6.07) is 21.1. The minimum absolute atomic E-state index is 0.0522. The molecule has 44 heavy (non-hydrogen) atoms. The molecule has 1 aliphatic carbocycles. The van der Waals surface area contributed by atoms with E-state index in [0.29, 0.717) is 11.4 Å². The zero-order valence-electron chi connectivity index (χ0n) is 25.1. The van der Waals surface area contributed by atoms with Crippen molar-refractivity contribution in [1.29, 1.82) is 0 Å². The molecule has 0 bridgehead atoms. The first-order valence-corrected chi connectivity index (χ1v) is 17.2. The number of rotatable bonds is 13. The van der Waals surface area contributed by atoms with Crippen LogP contribution in [0.3, 0.4) is 0 Å². The number of halogens is 1. The Bertz CT molecular complexity index is 1520. The first-order valence-electron chi connectivity index (χ1n) is 14.9. The largest absolute Gasteiger partial charge is 0.390 e. The van der Waals surface area contributed by atoms with Crippen molar-refractivity contribution >= 4 is 44.8 Å². The molecule has 3 aromatic rings. The molecule has 4 rings (SSSR count). The highest BCUT2D eigenvalue weighted by molar-refractivity contribution is 7.92. The van der Waals surface area contributed by atoms with Gasteiger partial charge in [0, 0.05) is 17.6 Å². The van der Waals surface area contributed by atoms with Crippen molar-refractivity contribution in [2.75, 3.05) is 17.1 Å². The Morgan fingerprint density at radius 2 is 1.66 bits per heavy atom. The number of para-hydroxylation sites is 1. The number of sulfonamides is 1. The first kappa shape index (κ1) is 33.5. The Morgan fingerprint density at radius 1 is 0.977 bits per heavy atom. The summed E-state index contributed by atoms with van der Waals surface area (Å²) in [5.74, 6) is -0.678. The minimum atomic E-state index is -3.88. The van der Waals surface area contributed by atoms with Gasteiger partial charge in [-0.05, 0) is 62.1 Å². The van der Waals surface area contributed by atoms with Gasteiger partial charge in [0.25, 0.3) is 5.91 Å². The number of carbonyl (C=O) groups excluding carboxylic acids is 2. The quantitative estimate of drug-likeness (QED) is 0.217. The SMILES string of the molecule is C[C@H](NC[C@@H](O)[C@H](Cc1ccccc1)NC(=O)c1ccccc1N(c1cccc(Cl)c1)S(C)(=O)=O)C(=O)NC1CCCCC1. The summed E-state index contributed by atoms with van der Waals surface area (Å²) in [5.41, 5.74) is 1.43. The molecule has 2 amide bonds. The maximum absolute atomic E-state index is 13.8. The van der Waals surface area contributed by atoms with Crippen LogP contribution in [0.25, 0.3) is 0 Å². The predicted molar refractivity (Wildman–Crippen MR) is 175 cm³/mol. The van der Waals surface area contributed by atoms with E-state index < -0.39 is 34.1 Å². The molecule has 11 heteroatoms. The number of hydrogen-bond acceptors (Lipinski definition) is 6. The van der Waals surface area contributed by atoms with Gasteiger partial charge in [0.05, 0.1) is 41.4 Å². The van der Waals surface area contributed by atoms with Crippen LogP contribution >= 0.6 is 11.6 Å². The van der Waals surface area contributed by atoms with Crippen molar-refractivity contribution in [2.45, 2.75) is 69.7 Å². The molecule has 1 aliphatic rings. The molecule has 9 nitrogen and oxygen atoms in total. The van der Waals surface area contributed by atoms with Gasteiger partial charge in [-0.15, -0.1) is 0 Å². The standard InChI is InChI=1S/C33H41ClN4O5S/c1-23(32(40)36-26-15-7-4-8-16-26)35-22-31(39)29(20-24-12-5-3-6-13-24)37-33(41)28-18-9-10-19-30(28)38(44(2,42)43)27-17-11-14-25(34)21-27/h3,5-6,9-14,17-19,21,23,26,29,31,35,39H,4,7-8,15-16,20,22H2,1-2H3,(H,36,40)(H,37,41)/t23-,29-,31+/m0/s1. The van der Waals surface area contributed by atoms with Crippen LogP contribution in [0.1, 0.15) is 54.9 Å². The lowest BCUT2D eigenvalue weighted by Gasteiger charge is -2.28. The Morgan fingerprint density at radius 3 is 2.34 bits per heavy atom. The second-order valence-corrected chi connectivity index (χ2v) is 13.6. The van der Waals surface area contributed by atoms with Gasteiger partial charge < -0.3 is 21.1 Å². The zero-order chi connectivity index (χ0) is 31.7. The lowest BCUT2D eigenvalue weighted by atomic mass is 9.95. The van der Waals surface area contributed by atoms with E-state index in [1.54, 1.807) is 43.3 Å². The molecular weight excluding hydrogens is 600 g/mol. The third kappa shape index (κ3) is 9.28. The third-order valence-electron chi connectivity index (χ3n) is 7.80. The van der Waals surface area contributed by atoms with Crippen molar-refractivity contribution in [2.24, 2.45) is 0 Å². The van der Waals surface area contributed by atoms with Gasteiger partial charge in [-0.1, -0.05) is 79.4 Å². The highest BCUT2D eigenvalue weighted by atomic mass is 35.5. The Balaban J connectivity index is 1.53. The van der Waals surface area contributed by atoms with Crippen LogP contribution in [0.4, 0.5) is 11.4 Å². The lowest BCUT2D eigenvalue weighted by molar-refractivity contribution is -0.123. The number of aliphatic hydroxyl groups is 1. The highest BCUT2D eigenvalue weighted by Crippen LogP contribution is 2.33. The van der Waals surface area contributed by atoms with E-state index in [-0.39, 0.29) is 35.4 Å². The number of nitrogens with one attached hydrogen (secondary N) is 3. The molecule has 1 saturated carbocycles. The molecule has 1 fully saturated rings. The summed E-state index contributed by atoms with van der Waals surface area (Å²) >= 11 is 6.17. The van der Waals surface area contributed by atoms with E-state index >= 15 is 0 Å². The minimum Gasteiger partial charge on any atom is -0.390 e. The van der Waals surface area contributed by atoms with Crippen molar-refractivity contribution < 1.29 is 23.1 Å². The molecule has 0 unspecified atom stereocenters. The molecule has 3 atom stereocenters. The van der Waals surface area contributed by atoms with Crippen LogP contribution in [0.2, 0.25) is 5.02 Å². The summed E-state index contributed by atoms with van der Waals surface area (Å²) in [5, 5.41) is 20.8. The summed E-state index contributed by atoms with van der Waals surface area (Å²) in [6.45, 7) is 1.80. The molecule has 0 aliphatic heterocycles. The number of nitrogens with zero attached hydrogens (tertiary/aromatic N) is 1. The van der Waals surface area contributed by atoms with Gasteiger partial charge in [-0.3, -0.25) is 9.59 Å². The Kier molecular flexibility index (Phi) is 11.8. The maximum atomic E-state index is 13.8. The van der Waals surface area contributed by atoms with Gasteiger partial charge in [0.2, 0.25) is 15.9 Å². The number of amides is 2. The predicted octanol–water partition coefficient (Wildman–Crippen LogP) is 4.57. The van der Waals surface area contributed by atoms with Crippen LogP contribution in [0.5, 0.6) is 0 Å². The van der Waals surface area contributed by atoms with E-state index in [1.807, 2.05) is 30.3 Å². The molecule has 3 aromatic carbocycles. The third-order valence-corrected chi connectivity index (χ3v) is 9.11. The second-order valence-electron chi connectivity index (χ2n) is 11.3. The molecule has 0 saturated heterocycles. The Hall–Kier alpha value is -3.44. The number of benzene rings is 3. The monoisotopic (exact) mass is 640 g/mol. The van der Waals surface area contributed by atoms with Gasteiger partial charge in [0.15, 0.2) is 0 Å². The summed E-state index contributed by atoms with van der Waals surface area (Å²) in [6.07, 6.45) is 5.66. The normalized spacial score (nSPS) is 16.0. The van der Waals surface area contributed by atoms with Crippen molar-refractivity contribution in [3.05, 3.63) is 95.0 Å². The van der Waals surface area contributed by atoms with Gasteiger partial charge in [-0.25, -0.2) is 12.7 Å². The molecule has 0 aromatic heterocycles. The topological polar surface area (TPSA) is 128 Å². The zero-order valence-corrected chi connectivity index (χ0v) is 26.7. The smallest absolute Gasteiger partial charge is 0.253 e. The fourth-order valence-electron chi connectivity index (χ4n) is 5.46. The number of hydrogen-bond donors (Lipinski definition) is 4. The van der Waals surface area contributed by atoms with Crippen molar-refractivity contribution in [3.63, 3.8) is 0 Å². The number of carbonyl (C=O) groups is 2. The van der Waals surface area contributed by atoms with Crippen LogP contribution < -0.4 is 20.3 Å². The number of aliphatic hydroxyl groups excluding tert-OH is 1. The van der Waals surface area contributed by atoms with Gasteiger partial charge in [-0.2, -0.15) is 0 Å². The fourth-order valence-corrected chi connectivity index (χ4v) is 6.65.